The summed E-state index contributed by atoms with van der Waals surface area (Å²) in [4.78, 5) is 38.3. The number of alkyl halides is 3. The number of halogens is 4. The Bertz CT molecular complexity index is 1310. The molecule has 0 aliphatic carbocycles. The number of imide groups is 2. The topological polar surface area (TPSA) is 80.6 Å². The molecule has 1 saturated heterocycles. The summed E-state index contributed by atoms with van der Waals surface area (Å²) in [5, 5.41) is 2.08. The maximum Gasteiger partial charge on any atom is 0.416 e. The van der Waals surface area contributed by atoms with E-state index >= 15 is 0 Å². The van der Waals surface area contributed by atoms with E-state index in [-0.39, 0.29) is 30.2 Å². The second kappa shape index (κ2) is 9.45. The predicted molar refractivity (Wildman–Crippen MR) is 117 cm³/mol. The zero-order chi connectivity index (χ0) is 25.2. The zero-order valence-electron chi connectivity index (χ0n) is 17.9. The second-order valence-corrected chi connectivity index (χ2v) is 7.43. The van der Waals surface area contributed by atoms with Gasteiger partial charge in [0.15, 0.2) is 0 Å². The van der Waals surface area contributed by atoms with Crippen molar-refractivity contribution in [3.05, 3.63) is 89.5 Å². The van der Waals surface area contributed by atoms with Gasteiger partial charge in [-0.05, 0) is 60.7 Å². The number of aromatic nitrogens is 1. The number of barbiturate groups is 1. The smallest absolute Gasteiger partial charge is 0.416 e. The van der Waals surface area contributed by atoms with Gasteiger partial charge in [0.05, 0.1) is 17.8 Å². The van der Waals surface area contributed by atoms with E-state index in [0.717, 1.165) is 29.2 Å². The number of hydrogen-bond acceptors (Lipinski definition) is 4. The number of hydrogen-bond donors (Lipinski definition) is 1. The number of rotatable bonds is 6. The van der Waals surface area contributed by atoms with Gasteiger partial charge in [0.1, 0.15) is 23.7 Å². The first-order valence-corrected chi connectivity index (χ1v) is 10.3. The number of benzene rings is 2. The van der Waals surface area contributed by atoms with Gasteiger partial charge in [-0.2, -0.15) is 13.2 Å². The number of carbonyl (C=O) groups is 3. The Kier molecular flexibility index (Phi) is 6.41. The lowest BCUT2D eigenvalue weighted by Crippen LogP contribution is -2.54. The summed E-state index contributed by atoms with van der Waals surface area (Å²) in [7, 11) is 0. The minimum Gasteiger partial charge on any atom is -0.492 e. The van der Waals surface area contributed by atoms with Gasteiger partial charge in [0.2, 0.25) is 0 Å². The minimum atomic E-state index is -4.49. The SMILES string of the molecule is O=C1NC(=O)N(c2ccc(F)cc2)C(=O)/C1=C\c1cccn1CCOc1cccc(C(F)(F)F)c1. The number of amides is 4. The molecule has 4 amide bonds. The number of nitrogens with zero attached hydrogens (tertiary/aromatic N) is 2. The Morgan fingerprint density at radius 3 is 2.43 bits per heavy atom. The lowest BCUT2D eigenvalue weighted by molar-refractivity contribution is -0.137. The van der Waals surface area contributed by atoms with Gasteiger partial charge in [-0.25, -0.2) is 14.1 Å². The molecule has 4 rings (SSSR count). The van der Waals surface area contributed by atoms with E-state index in [0.29, 0.717) is 5.69 Å². The van der Waals surface area contributed by atoms with Crippen LogP contribution in [0.2, 0.25) is 0 Å². The molecular formula is C24H17F4N3O4. The van der Waals surface area contributed by atoms with E-state index < -0.39 is 35.4 Å². The van der Waals surface area contributed by atoms with E-state index in [1.54, 1.807) is 22.9 Å². The van der Waals surface area contributed by atoms with Crippen LogP contribution in [0.5, 0.6) is 5.75 Å². The predicted octanol–water partition coefficient (Wildman–Crippen LogP) is 4.39. The van der Waals surface area contributed by atoms with Gasteiger partial charge in [0.25, 0.3) is 11.8 Å². The molecule has 11 heteroatoms. The van der Waals surface area contributed by atoms with Gasteiger partial charge in [-0.3, -0.25) is 14.9 Å². The lowest BCUT2D eigenvalue weighted by Gasteiger charge is -2.26. The van der Waals surface area contributed by atoms with Crippen molar-refractivity contribution in [1.29, 1.82) is 0 Å². The second-order valence-electron chi connectivity index (χ2n) is 7.43. The van der Waals surface area contributed by atoms with Crippen LogP contribution < -0.4 is 15.0 Å². The molecule has 1 aliphatic rings. The Morgan fingerprint density at radius 2 is 1.71 bits per heavy atom. The highest BCUT2D eigenvalue weighted by atomic mass is 19.4. The molecule has 7 nitrogen and oxygen atoms in total. The van der Waals surface area contributed by atoms with Crippen molar-refractivity contribution >= 4 is 29.6 Å². The molecule has 0 spiro atoms. The third kappa shape index (κ3) is 5.24. The van der Waals surface area contributed by atoms with Gasteiger partial charge in [-0.15, -0.1) is 0 Å². The van der Waals surface area contributed by atoms with Crippen molar-refractivity contribution in [2.24, 2.45) is 0 Å². The van der Waals surface area contributed by atoms with Crippen molar-refractivity contribution in [3.8, 4) is 5.75 Å². The molecule has 1 fully saturated rings. The molecular weight excluding hydrogens is 470 g/mol. The molecule has 0 unspecified atom stereocenters. The van der Waals surface area contributed by atoms with Crippen molar-refractivity contribution in [2.45, 2.75) is 12.7 Å². The van der Waals surface area contributed by atoms with Crippen molar-refractivity contribution in [2.75, 3.05) is 11.5 Å². The monoisotopic (exact) mass is 487 g/mol. The van der Waals surface area contributed by atoms with E-state index in [1.807, 2.05) is 0 Å². The largest absolute Gasteiger partial charge is 0.492 e. The maximum absolute atomic E-state index is 13.2. The average molecular weight is 487 g/mol. The number of ether oxygens (including phenoxy) is 1. The number of urea groups is 1. The molecule has 0 radical (unpaired) electrons. The first-order chi connectivity index (χ1) is 16.6. The third-order valence-corrected chi connectivity index (χ3v) is 5.11. The highest BCUT2D eigenvalue weighted by molar-refractivity contribution is 6.39. The van der Waals surface area contributed by atoms with Gasteiger partial charge in [0, 0.05) is 11.9 Å². The summed E-state index contributed by atoms with van der Waals surface area (Å²) in [5.41, 5.74) is -0.655. The lowest BCUT2D eigenvalue weighted by atomic mass is 10.1. The van der Waals surface area contributed by atoms with Crippen LogP contribution in [-0.2, 0) is 22.3 Å². The van der Waals surface area contributed by atoms with Crippen LogP contribution in [-0.4, -0.2) is 29.0 Å². The molecule has 0 saturated carbocycles. The summed E-state index contributed by atoms with van der Waals surface area (Å²) in [6, 6.07) is 11.4. The van der Waals surface area contributed by atoms with Crippen LogP contribution in [0.1, 0.15) is 11.3 Å². The summed E-state index contributed by atoms with van der Waals surface area (Å²) < 4.78 is 58.9. The van der Waals surface area contributed by atoms with Crippen LogP contribution in [0.4, 0.5) is 28.0 Å². The molecule has 1 N–H and O–H groups in total. The fourth-order valence-corrected chi connectivity index (χ4v) is 3.42. The number of nitrogens with one attached hydrogen (secondary N) is 1. The molecule has 35 heavy (non-hydrogen) atoms. The number of anilines is 1. The highest BCUT2D eigenvalue weighted by Gasteiger charge is 2.37. The summed E-state index contributed by atoms with van der Waals surface area (Å²) >= 11 is 0. The van der Waals surface area contributed by atoms with E-state index in [2.05, 4.69) is 5.32 Å². The minimum absolute atomic E-state index is 0.00645. The average Bonchev–Trinajstić information content (AvgIpc) is 3.24. The first kappa shape index (κ1) is 23.7. The first-order valence-electron chi connectivity index (χ1n) is 10.3. The fourth-order valence-electron chi connectivity index (χ4n) is 3.42. The maximum atomic E-state index is 13.2. The quantitative estimate of drug-likeness (QED) is 0.318. The van der Waals surface area contributed by atoms with Crippen LogP contribution in [0, 0.1) is 5.82 Å². The molecule has 180 valence electrons. The fraction of sp³-hybridized carbons (Fsp3) is 0.125. The van der Waals surface area contributed by atoms with Crippen LogP contribution >= 0.6 is 0 Å². The van der Waals surface area contributed by atoms with E-state index in [4.69, 9.17) is 4.74 Å². The molecule has 2 aromatic carbocycles. The van der Waals surface area contributed by atoms with Crippen molar-refractivity contribution in [3.63, 3.8) is 0 Å². The van der Waals surface area contributed by atoms with Gasteiger partial charge in [-0.1, -0.05) is 6.07 Å². The molecule has 3 aromatic rings. The summed E-state index contributed by atoms with van der Waals surface area (Å²) in [5.74, 6) is -2.30. The van der Waals surface area contributed by atoms with Gasteiger partial charge >= 0.3 is 12.2 Å². The van der Waals surface area contributed by atoms with E-state index in [9.17, 15) is 31.9 Å². The molecule has 1 aromatic heterocycles. The van der Waals surface area contributed by atoms with Crippen LogP contribution in [0.3, 0.4) is 0 Å². The molecule has 2 heterocycles. The van der Waals surface area contributed by atoms with Crippen molar-refractivity contribution < 1.29 is 36.7 Å². The van der Waals surface area contributed by atoms with Crippen LogP contribution in [0.15, 0.2) is 72.4 Å². The Morgan fingerprint density at radius 1 is 0.971 bits per heavy atom. The Labute approximate surface area is 196 Å². The zero-order valence-corrected chi connectivity index (χ0v) is 17.9. The van der Waals surface area contributed by atoms with Crippen LogP contribution in [0.25, 0.3) is 6.08 Å². The highest BCUT2D eigenvalue weighted by Crippen LogP contribution is 2.31. The third-order valence-electron chi connectivity index (χ3n) is 5.11. The summed E-state index contributed by atoms with van der Waals surface area (Å²) in [6.07, 6.45) is -1.57. The Hall–Kier alpha value is -4.41. The molecule has 1 aliphatic heterocycles. The summed E-state index contributed by atoms with van der Waals surface area (Å²) in [6.45, 7) is 0.200. The Balaban J connectivity index is 1.50. The normalized spacial score (nSPS) is 15.5. The van der Waals surface area contributed by atoms with E-state index in [1.165, 1.54) is 30.3 Å². The van der Waals surface area contributed by atoms with Crippen molar-refractivity contribution in [1.82, 2.24) is 9.88 Å². The molecule has 0 atom stereocenters. The standard InChI is InChI=1S/C24H17F4N3O4/c25-16-6-8-17(9-7-16)31-22(33)20(21(32)29-23(31)34)14-18-4-2-10-30(18)11-12-35-19-5-1-3-15(13-19)24(26,27)28/h1-10,13-14H,11-12H2,(H,29,32,34)/b20-14-. The number of carbonyl (C=O) groups excluding carboxylic acids is 3. The van der Waals surface area contributed by atoms with Gasteiger partial charge < -0.3 is 9.30 Å². The molecule has 0 bridgehead atoms.